The highest BCUT2D eigenvalue weighted by Gasteiger charge is 2.34. The van der Waals surface area contributed by atoms with Crippen LogP contribution in [0.1, 0.15) is 33.0 Å². The molecule has 4 aromatic rings. The molecular weight excluding hydrogens is 566 g/mol. The van der Waals surface area contributed by atoms with Gasteiger partial charge >= 0.3 is 6.09 Å². The summed E-state index contributed by atoms with van der Waals surface area (Å²) in [5.41, 5.74) is 11.7. The van der Waals surface area contributed by atoms with Crippen molar-refractivity contribution in [3.05, 3.63) is 107 Å². The van der Waals surface area contributed by atoms with Gasteiger partial charge in [0.1, 0.15) is 12.6 Å². The minimum absolute atomic E-state index is 0.101. The summed E-state index contributed by atoms with van der Waals surface area (Å²) in [5, 5.41) is 2.80. The van der Waals surface area contributed by atoms with Crippen molar-refractivity contribution >= 4 is 35.4 Å². The van der Waals surface area contributed by atoms with Crippen molar-refractivity contribution in [3.8, 4) is 22.6 Å². The number of nitrogens with two attached hydrogens (primary N) is 1. The van der Waals surface area contributed by atoms with Crippen molar-refractivity contribution in [2.24, 2.45) is 5.73 Å². The Bertz CT molecular complexity index is 1730. The van der Waals surface area contributed by atoms with Crippen LogP contribution in [0, 0.1) is 0 Å². The molecule has 9 nitrogen and oxygen atoms in total. The van der Waals surface area contributed by atoms with Crippen LogP contribution in [0.4, 0.5) is 10.5 Å². The van der Waals surface area contributed by atoms with Gasteiger partial charge in [-0.2, -0.15) is 0 Å². The smallest absolute Gasteiger partial charge is 0.407 e. The lowest BCUT2D eigenvalue weighted by molar-refractivity contribution is -0.120. The molecule has 0 spiro atoms. The van der Waals surface area contributed by atoms with Gasteiger partial charge in [-0.05, 0) is 58.1 Å². The van der Waals surface area contributed by atoms with Crippen LogP contribution < -0.4 is 25.4 Å². The Labute approximate surface area is 251 Å². The molecule has 0 radical (unpaired) electrons. The van der Waals surface area contributed by atoms with Gasteiger partial charge in [0.05, 0.1) is 12.2 Å². The molecule has 4 aromatic carbocycles. The number of hydrogen-bond donors (Lipinski definition) is 2. The number of amides is 3. The van der Waals surface area contributed by atoms with Crippen molar-refractivity contribution in [2.45, 2.75) is 23.4 Å². The molecule has 0 fully saturated rings. The molecule has 0 bridgehead atoms. The van der Waals surface area contributed by atoms with Crippen molar-refractivity contribution in [1.82, 2.24) is 5.32 Å². The van der Waals surface area contributed by atoms with E-state index in [0.29, 0.717) is 17.2 Å². The van der Waals surface area contributed by atoms with Crippen molar-refractivity contribution in [2.75, 3.05) is 24.1 Å². The number of primary amides is 1. The molecule has 3 N–H and O–H groups in total. The maximum atomic E-state index is 14.0. The summed E-state index contributed by atoms with van der Waals surface area (Å²) < 4.78 is 16.7. The van der Waals surface area contributed by atoms with Crippen LogP contribution in [0.25, 0.3) is 11.1 Å². The van der Waals surface area contributed by atoms with Gasteiger partial charge in [-0.3, -0.25) is 9.59 Å². The van der Waals surface area contributed by atoms with E-state index >= 15 is 0 Å². The highest BCUT2D eigenvalue weighted by atomic mass is 32.2. The molecule has 1 atom stereocenters. The molecule has 1 aliphatic carbocycles. The van der Waals surface area contributed by atoms with E-state index in [4.69, 9.17) is 19.9 Å². The van der Waals surface area contributed by atoms with Crippen LogP contribution in [-0.4, -0.2) is 43.1 Å². The van der Waals surface area contributed by atoms with Gasteiger partial charge in [0, 0.05) is 22.1 Å². The fraction of sp³-hybridized carbons (Fsp3) is 0.182. The van der Waals surface area contributed by atoms with Gasteiger partial charge < -0.3 is 30.2 Å². The fourth-order valence-electron chi connectivity index (χ4n) is 5.83. The van der Waals surface area contributed by atoms with Crippen LogP contribution in [-0.2, 0) is 16.1 Å². The Balaban J connectivity index is 1.11. The molecule has 43 heavy (non-hydrogen) atoms. The molecule has 3 aliphatic rings. The van der Waals surface area contributed by atoms with Crippen molar-refractivity contribution in [1.29, 1.82) is 0 Å². The fourth-order valence-corrected chi connectivity index (χ4v) is 6.88. The number of alkyl carbamates (subject to hydrolysis) is 1. The summed E-state index contributed by atoms with van der Waals surface area (Å²) in [4.78, 5) is 41.5. The Kier molecular flexibility index (Phi) is 6.90. The van der Waals surface area contributed by atoms with E-state index in [9.17, 15) is 14.4 Å². The summed E-state index contributed by atoms with van der Waals surface area (Å²) in [7, 11) is 0. The quantitative estimate of drug-likeness (QED) is 0.321. The molecule has 2 heterocycles. The van der Waals surface area contributed by atoms with E-state index in [0.717, 1.165) is 32.7 Å². The van der Waals surface area contributed by atoms with Crippen molar-refractivity contribution in [3.63, 3.8) is 0 Å². The number of thioether (sulfide) groups is 1. The van der Waals surface area contributed by atoms with Gasteiger partial charge in [-0.25, -0.2) is 4.79 Å². The molecule has 7 rings (SSSR count). The van der Waals surface area contributed by atoms with Crippen LogP contribution in [0.5, 0.6) is 11.5 Å². The molecule has 0 unspecified atom stereocenters. The van der Waals surface area contributed by atoms with Gasteiger partial charge in [-0.15, -0.1) is 11.8 Å². The number of anilines is 1. The van der Waals surface area contributed by atoms with E-state index in [-0.39, 0.29) is 43.1 Å². The molecule has 2 aliphatic heterocycles. The first-order valence-electron chi connectivity index (χ1n) is 13.8. The van der Waals surface area contributed by atoms with Gasteiger partial charge in [0.25, 0.3) is 5.91 Å². The number of rotatable bonds is 6. The van der Waals surface area contributed by atoms with E-state index in [2.05, 4.69) is 29.6 Å². The molecule has 0 saturated heterocycles. The number of ether oxygens (including phenoxy) is 3. The monoisotopic (exact) mass is 593 g/mol. The predicted molar refractivity (Wildman–Crippen MR) is 161 cm³/mol. The van der Waals surface area contributed by atoms with Gasteiger partial charge in [0.15, 0.2) is 11.5 Å². The lowest BCUT2D eigenvalue weighted by Gasteiger charge is -2.26. The van der Waals surface area contributed by atoms with E-state index in [1.165, 1.54) is 11.8 Å². The number of fused-ring (bicyclic) bond motifs is 5. The number of nitrogens with zero attached hydrogens (tertiary/aromatic N) is 1. The predicted octanol–water partition coefficient (Wildman–Crippen LogP) is 5.06. The zero-order valence-electron chi connectivity index (χ0n) is 22.9. The molecule has 0 saturated carbocycles. The van der Waals surface area contributed by atoms with Gasteiger partial charge in [0.2, 0.25) is 12.7 Å². The van der Waals surface area contributed by atoms with Crippen LogP contribution in [0.2, 0.25) is 0 Å². The third kappa shape index (κ3) is 5.03. The second-order valence-corrected chi connectivity index (χ2v) is 11.6. The standard InChI is InChI=1S/C33H27N3O6S/c34-31(37)20-10-12-30-27(14-20)36(15-19-9-11-28-29(13-19)42-18-41-28)32(38)26(17-43-30)35-33(39)40-16-25-23-7-3-1-5-21(23)22-6-2-4-8-24(22)25/h1-14,25-26H,15-18H2,(H2,34,37)(H,35,39)/t26-/m0/s1. The minimum atomic E-state index is -0.876. The average molecular weight is 594 g/mol. The first-order valence-corrected chi connectivity index (χ1v) is 14.8. The molecule has 0 aromatic heterocycles. The zero-order valence-corrected chi connectivity index (χ0v) is 23.8. The van der Waals surface area contributed by atoms with Crippen LogP contribution >= 0.6 is 11.8 Å². The molecule has 10 heteroatoms. The Hall–Kier alpha value is -4.96. The third-order valence-corrected chi connectivity index (χ3v) is 9.07. The first kappa shape index (κ1) is 26.9. The summed E-state index contributed by atoms with van der Waals surface area (Å²) in [5.74, 6) is 0.473. The highest BCUT2D eigenvalue weighted by Crippen LogP contribution is 2.44. The second-order valence-electron chi connectivity index (χ2n) is 10.5. The maximum Gasteiger partial charge on any atom is 0.407 e. The van der Waals surface area contributed by atoms with Crippen LogP contribution in [0.3, 0.4) is 0 Å². The maximum absolute atomic E-state index is 14.0. The van der Waals surface area contributed by atoms with Crippen molar-refractivity contribution < 1.29 is 28.6 Å². The first-order chi connectivity index (χ1) is 21.0. The summed E-state index contributed by atoms with van der Waals surface area (Å²) in [6, 6.07) is 25.8. The summed E-state index contributed by atoms with van der Waals surface area (Å²) >= 11 is 1.41. The summed E-state index contributed by atoms with van der Waals surface area (Å²) in [6.45, 7) is 0.445. The van der Waals surface area contributed by atoms with E-state index in [1.54, 1.807) is 29.2 Å². The minimum Gasteiger partial charge on any atom is -0.454 e. The molecule has 216 valence electrons. The third-order valence-electron chi connectivity index (χ3n) is 7.92. The van der Waals surface area contributed by atoms with Crippen LogP contribution in [0.15, 0.2) is 89.8 Å². The zero-order chi connectivity index (χ0) is 29.5. The topological polar surface area (TPSA) is 120 Å². The second kappa shape index (κ2) is 11.0. The number of carbonyl (C=O) groups is 3. The number of carbonyl (C=O) groups excluding carboxylic acids is 3. The highest BCUT2D eigenvalue weighted by molar-refractivity contribution is 7.99. The normalized spacial score (nSPS) is 16.6. The SMILES string of the molecule is NC(=O)c1ccc2c(c1)N(Cc1ccc3c(c1)OCO3)C(=O)[C@@H](NC(=O)OCC1c3ccccc3-c3ccccc31)CS2. The average Bonchev–Trinajstić information content (AvgIpc) is 3.59. The number of nitrogens with one attached hydrogen (secondary N) is 1. The largest absolute Gasteiger partial charge is 0.454 e. The lowest BCUT2D eigenvalue weighted by atomic mass is 9.98. The summed E-state index contributed by atoms with van der Waals surface area (Å²) in [6.07, 6.45) is -0.673. The van der Waals surface area contributed by atoms with Gasteiger partial charge in [-0.1, -0.05) is 54.6 Å². The number of benzene rings is 4. The Morgan fingerprint density at radius 1 is 0.930 bits per heavy atom. The lowest BCUT2D eigenvalue weighted by Crippen LogP contribution is -2.49. The Morgan fingerprint density at radius 2 is 1.65 bits per heavy atom. The molecular formula is C33H27N3O6S. The van der Waals surface area contributed by atoms with E-state index in [1.807, 2.05) is 36.4 Å². The number of hydrogen-bond acceptors (Lipinski definition) is 7. The molecule has 3 amide bonds. The Morgan fingerprint density at radius 3 is 2.40 bits per heavy atom. The van der Waals surface area contributed by atoms with E-state index < -0.39 is 18.0 Å².